The molecule has 0 heterocycles. The molecule has 0 aliphatic carbocycles. The van der Waals surface area contributed by atoms with Gasteiger partial charge in [0.05, 0.1) is 19.2 Å². The maximum absolute atomic E-state index is 12.0. The number of esters is 1. The number of carbonyl (C=O) groups excluding carboxylic acids is 1. The number of para-hydroxylation sites is 1. The number of ether oxygens (including phenoxy) is 1. The van der Waals surface area contributed by atoms with Gasteiger partial charge in [-0.1, -0.05) is 12.1 Å². The molecule has 0 saturated carbocycles. The van der Waals surface area contributed by atoms with E-state index >= 15 is 0 Å². The third-order valence-corrected chi connectivity index (χ3v) is 4.80. The Labute approximate surface area is 126 Å². The Morgan fingerprint density at radius 2 is 2.05 bits per heavy atom. The topological polar surface area (TPSA) is 75.7 Å². The summed E-state index contributed by atoms with van der Waals surface area (Å²) in [7, 11) is -1.000. The SMILES string of the molecule is COC(=O)CCN(C)S(=O)(=O)Nc1ccccc1I. The zero-order valence-electron chi connectivity index (χ0n) is 10.6. The number of methoxy groups -OCH3 is 1. The first-order valence-corrected chi connectivity index (χ1v) is 7.94. The van der Waals surface area contributed by atoms with Gasteiger partial charge in [-0.05, 0) is 34.7 Å². The summed E-state index contributed by atoms with van der Waals surface area (Å²) in [4.78, 5) is 11.0. The van der Waals surface area contributed by atoms with E-state index in [-0.39, 0.29) is 13.0 Å². The van der Waals surface area contributed by atoms with Crippen LogP contribution in [0.5, 0.6) is 0 Å². The Morgan fingerprint density at radius 3 is 2.63 bits per heavy atom. The molecule has 0 bridgehead atoms. The van der Waals surface area contributed by atoms with Crippen molar-refractivity contribution in [2.24, 2.45) is 0 Å². The molecule has 1 N–H and O–H groups in total. The summed E-state index contributed by atoms with van der Waals surface area (Å²) in [6.07, 6.45) is 0.0137. The van der Waals surface area contributed by atoms with Crippen molar-refractivity contribution < 1.29 is 17.9 Å². The van der Waals surface area contributed by atoms with Crippen LogP contribution in [0.15, 0.2) is 24.3 Å². The lowest BCUT2D eigenvalue weighted by atomic mass is 10.3. The number of carbonyl (C=O) groups is 1. The van der Waals surface area contributed by atoms with Crippen LogP contribution >= 0.6 is 22.6 Å². The van der Waals surface area contributed by atoms with Crippen LogP contribution in [0.2, 0.25) is 0 Å². The van der Waals surface area contributed by atoms with Gasteiger partial charge in [0, 0.05) is 17.2 Å². The van der Waals surface area contributed by atoms with Gasteiger partial charge in [0.15, 0.2) is 0 Å². The molecule has 0 aliphatic heterocycles. The molecule has 0 aliphatic rings. The molecule has 0 aromatic heterocycles. The lowest BCUT2D eigenvalue weighted by molar-refractivity contribution is -0.140. The molecule has 0 fully saturated rings. The lowest BCUT2D eigenvalue weighted by Gasteiger charge is -2.18. The Kier molecular flexibility index (Phi) is 6.01. The van der Waals surface area contributed by atoms with Crippen LogP contribution in [-0.4, -0.2) is 39.4 Å². The first-order chi connectivity index (χ1) is 8.86. The van der Waals surface area contributed by atoms with Crippen molar-refractivity contribution in [1.29, 1.82) is 0 Å². The molecule has 6 nitrogen and oxygen atoms in total. The predicted molar refractivity (Wildman–Crippen MR) is 81.0 cm³/mol. The van der Waals surface area contributed by atoms with Gasteiger partial charge in [0.25, 0.3) is 0 Å². The Balaban J connectivity index is 2.70. The predicted octanol–water partition coefficient (Wildman–Crippen LogP) is 1.44. The van der Waals surface area contributed by atoms with Gasteiger partial charge in [-0.2, -0.15) is 12.7 Å². The van der Waals surface area contributed by atoms with Crippen molar-refractivity contribution in [3.63, 3.8) is 0 Å². The highest BCUT2D eigenvalue weighted by Gasteiger charge is 2.19. The monoisotopic (exact) mass is 398 g/mol. The molecule has 8 heteroatoms. The smallest absolute Gasteiger partial charge is 0.306 e. The van der Waals surface area contributed by atoms with Gasteiger partial charge in [-0.25, -0.2) is 0 Å². The highest BCUT2D eigenvalue weighted by molar-refractivity contribution is 14.1. The maximum atomic E-state index is 12.0. The van der Waals surface area contributed by atoms with E-state index < -0.39 is 16.2 Å². The number of hydrogen-bond acceptors (Lipinski definition) is 4. The van der Waals surface area contributed by atoms with Crippen molar-refractivity contribution in [1.82, 2.24) is 4.31 Å². The van der Waals surface area contributed by atoms with Crippen molar-refractivity contribution in [2.75, 3.05) is 25.4 Å². The number of hydrogen-bond donors (Lipinski definition) is 1. The van der Waals surface area contributed by atoms with E-state index in [4.69, 9.17) is 0 Å². The molecule has 19 heavy (non-hydrogen) atoms. The molecule has 1 rings (SSSR count). The number of rotatable bonds is 6. The second-order valence-electron chi connectivity index (χ2n) is 3.73. The highest BCUT2D eigenvalue weighted by atomic mass is 127. The normalized spacial score (nSPS) is 11.4. The second kappa shape index (κ2) is 7.06. The zero-order valence-corrected chi connectivity index (χ0v) is 13.6. The fraction of sp³-hybridized carbons (Fsp3) is 0.364. The number of anilines is 1. The van der Waals surface area contributed by atoms with Crippen LogP contribution in [-0.2, 0) is 19.7 Å². The van der Waals surface area contributed by atoms with Crippen molar-refractivity contribution in [3.05, 3.63) is 27.8 Å². The molecule has 0 spiro atoms. The summed E-state index contributed by atoms with van der Waals surface area (Å²) in [5.74, 6) is -0.448. The highest BCUT2D eigenvalue weighted by Crippen LogP contribution is 2.19. The average molecular weight is 398 g/mol. The summed E-state index contributed by atoms with van der Waals surface area (Å²) in [5, 5.41) is 0. The summed E-state index contributed by atoms with van der Waals surface area (Å²) >= 11 is 2.04. The van der Waals surface area contributed by atoms with Crippen LogP contribution in [0.25, 0.3) is 0 Å². The van der Waals surface area contributed by atoms with E-state index in [1.807, 2.05) is 28.7 Å². The lowest BCUT2D eigenvalue weighted by Crippen LogP contribution is -2.34. The van der Waals surface area contributed by atoms with E-state index in [0.29, 0.717) is 5.69 Å². The van der Waals surface area contributed by atoms with E-state index in [2.05, 4.69) is 9.46 Å². The standard InChI is InChI=1S/C11H15IN2O4S/c1-14(8-7-11(15)18-2)19(16,17)13-10-6-4-3-5-9(10)12/h3-6,13H,7-8H2,1-2H3. The van der Waals surface area contributed by atoms with Gasteiger partial charge in [-0.3, -0.25) is 9.52 Å². The van der Waals surface area contributed by atoms with Crippen LogP contribution in [0.4, 0.5) is 5.69 Å². The Hall–Kier alpha value is -0.870. The Morgan fingerprint density at radius 1 is 1.42 bits per heavy atom. The largest absolute Gasteiger partial charge is 0.469 e. The molecule has 1 aromatic carbocycles. The van der Waals surface area contributed by atoms with Crippen LogP contribution in [0.3, 0.4) is 0 Å². The fourth-order valence-corrected chi connectivity index (χ4v) is 2.88. The van der Waals surface area contributed by atoms with Crippen molar-refractivity contribution in [3.8, 4) is 0 Å². The van der Waals surface area contributed by atoms with Gasteiger partial charge in [0.2, 0.25) is 0 Å². The molecule has 0 saturated heterocycles. The van der Waals surface area contributed by atoms with Crippen molar-refractivity contribution in [2.45, 2.75) is 6.42 Å². The third-order valence-electron chi connectivity index (χ3n) is 2.38. The molecule has 0 amide bonds. The number of halogens is 1. The average Bonchev–Trinajstić information content (AvgIpc) is 2.37. The van der Waals surface area contributed by atoms with E-state index in [0.717, 1.165) is 7.88 Å². The summed E-state index contributed by atoms with van der Waals surface area (Å²) in [6, 6.07) is 7.04. The molecule has 1 aromatic rings. The first-order valence-electron chi connectivity index (χ1n) is 5.42. The molecule has 0 unspecified atom stereocenters. The maximum Gasteiger partial charge on any atom is 0.306 e. The number of nitrogens with one attached hydrogen (secondary N) is 1. The molecule has 0 atom stereocenters. The number of nitrogens with zero attached hydrogens (tertiary/aromatic N) is 1. The summed E-state index contributed by atoms with van der Waals surface area (Å²) < 4.78 is 32.8. The third kappa shape index (κ3) is 4.96. The molecule has 0 radical (unpaired) electrons. The van der Waals surface area contributed by atoms with Crippen molar-refractivity contribution >= 4 is 44.5 Å². The fourth-order valence-electron chi connectivity index (χ4n) is 1.23. The minimum Gasteiger partial charge on any atom is -0.469 e. The summed E-state index contributed by atoms with van der Waals surface area (Å²) in [6.45, 7) is 0.0609. The van der Waals surface area contributed by atoms with Gasteiger partial charge >= 0.3 is 16.2 Å². The number of benzene rings is 1. The van der Waals surface area contributed by atoms with E-state index in [1.165, 1.54) is 14.2 Å². The second-order valence-corrected chi connectivity index (χ2v) is 6.67. The molecular weight excluding hydrogens is 383 g/mol. The van der Waals surface area contributed by atoms with Crippen LogP contribution < -0.4 is 4.72 Å². The quantitative estimate of drug-likeness (QED) is 0.582. The zero-order chi connectivity index (χ0) is 14.5. The Bertz CT molecular complexity index is 547. The van der Waals surface area contributed by atoms with Gasteiger partial charge in [-0.15, -0.1) is 0 Å². The summed E-state index contributed by atoms with van der Waals surface area (Å²) in [5.41, 5.74) is 0.507. The minimum absolute atomic E-state index is 0.0137. The van der Waals surface area contributed by atoms with Crippen LogP contribution in [0.1, 0.15) is 6.42 Å². The minimum atomic E-state index is -3.67. The first kappa shape index (κ1) is 16.2. The van der Waals surface area contributed by atoms with E-state index in [1.54, 1.807) is 18.2 Å². The van der Waals surface area contributed by atoms with Crippen LogP contribution in [0, 0.1) is 3.57 Å². The molecular formula is C11H15IN2O4S. The van der Waals surface area contributed by atoms with Gasteiger partial charge < -0.3 is 4.74 Å². The van der Waals surface area contributed by atoms with E-state index in [9.17, 15) is 13.2 Å². The molecule has 106 valence electrons. The van der Waals surface area contributed by atoms with Gasteiger partial charge in [0.1, 0.15) is 0 Å².